The number of ether oxygens (including phenoxy) is 1. The molecule has 1 aromatic rings. The SMILES string of the molecule is COc1cc(N)cc(C(=O)N2CCC[C@@H]2CO)c1. The number of hydrogen-bond donors (Lipinski definition) is 2. The molecule has 0 spiro atoms. The molecule has 1 aliphatic heterocycles. The van der Waals surface area contributed by atoms with Gasteiger partial charge in [-0.15, -0.1) is 0 Å². The lowest BCUT2D eigenvalue weighted by molar-refractivity contribution is 0.0677. The largest absolute Gasteiger partial charge is 0.497 e. The standard InChI is InChI=1S/C13H18N2O3/c1-18-12-6-9(5-10(14)7-12)13(17)15-4-2-3-11(15)8-16/h5-7,11,16H,2-4,8,14H2,1H3/t11-/m1/s1. The number of carbonyl (C=O) groups is 1. The van der Waals surface area contributed by atoms with Crippen molar-refractivity contribution in [1.29, 1.82) is 0 Å². The molecule has 3 N–H and O–H groups in total. The summed E-state index contributed by atoms with van der Waals surface area (Å²) in [7, 11) is 1.54. The molecule has 1 amide bonds. The summed E-state index contributed by atoms with van der Waals surface area (Å²) in [4.78, 5) is 14.0. The van der Waals surface area contributed by atoms with Crippen molar-refractivity contribution in [3.05, 3.63) is 23.8 Å². The van der Waals surface area contributed by atoms with E-state index in [1.807, 2.05) is 0 Å². The third-order valence-electron chi connectivity index (χ3n) is 3.26. The molecule has 1 saturated heterocycles. The van der Waals surface area contributed by atoms with Crippen LogP contribution in [0.4, 0.5) is 5.69 Å². The van der Waals surface area contributed by atoms with Crippen molar-refractivity contribution in [3.8, 4) is 5.75 Å². The molecule has 0 bridgehead atoms. The van der Waals surface area contributed by atoms with Crippen LogP contribution >= 0.6 is 0 Å². The Labute approximate surface area is 106 Å². The second kappa shape index (κ2) is 5.27. The zero-order chi connectivity index (χ0) is 13.1. The fourth-order valence-corrected chi connectivity index (χ4v) is 2.32. The van der Waals surface area contributed by atoms with Gasteiger partial charge in [-0.05, 0) is 25.0 Å². The lowest BCUT2D eigenvalue weighted by atomic mass is 10.1. The van der Waals surface area contributed by atoms with E-state index in [1.54, 1.807) is 23.1 Å². The van der Waals surface area contributed by atoms with Crippen molar-refractivity contribution >= 4 is 11.6 Å². The minimum Gasteiger partial charge on any atom is -0.497 e. The highest BCUT2D eigenvalue weighted by Gasteiger charge is 2.29. The summed E-state index contributed by atoms with van der Waals surface area (Å²) < 4.78 is 5.10. The van der Waals surface area contributed by atoms with Crippen LogP contribution < -0.4 is 10.5 Å². The maximum Gasteiger partial charge on any atom is 0.254 e. The monoisotopic (exact) mass is 250 g/mol. The van der Waals surface area contributed by atoms with E-state index in [-0.39, 0.29) is 18.6 Å². The van der Waals surface area contributed by atoms with Gasteiger partial charge >= 0.3 is 0 Å². The molecule has 18 heavy (non-hydrogen) atoms. The first kappa shape index (κ1) is 12.7. The van der Waals surface area contributed by atoms with Crippen LogP contribution in [0.15, 0.2) is 18.2 Å². The molecule has 0 radical (unpaired) electrons. The predicted molar refractivity (Wildman–Crippen MR) is 68.6 cm³/mol. The van der Waals surface area contributed by atoms with Gasteiger partial charge in [0.2, 0.25) is 0 Å². The second-order valence-electron chi connectivity index (χ2n) is 4.47. The van der Waals surface area contributed by atoms with Gasteiger partial charge in [-0.25, -0.2) is 0 Å². The predicted octanol–water partition coefficient (Wildman–Crippen LogP) is 0.874. The molecule has 1 heterocycles. The van der Waals surface area contributed by atoms with Crippen LogP contribution in [0.3, 0.4) is 0 Å². The average molecular weight is 250 g/mol. The van der Waals surface area contributed by atoms with Crippen molar-refractivity contribution < 1.29 is 14.6 Å². The van der Waals surface area contributed by atoms with E-state index in [4.69, 9.17) is 10.5 Å². The summed E-state index contributed by atoms with van der Waals surface area (Å²) in [6.45, 7) is 0.687. The number of nitrogens with two attached hydrogens (primary N) is 1. The molecule has 5 nitrogen and oxygen atoms in total. The highest BCUT2D eigenvalue weighted by molar-refractivity contribution is 5.96. The van der Waals surface area contributed by atoms with E-state index < -0.39 is 0 Å². The van der Waals surface area contributed by atoms with E-state index in [0.717, 1.165) is 12.8 Å². The van der Waals surface area contributed by atoms with Crippen molar-refractivity contribution in [2.24, 2.45) is 0 Å². The number of benzene rings is 1. The summed E-state index contributed by atoms with van der Waals surface area (Å²) in [6, 6.07) is 4.90. The first-order valence-electron chi connectivity index (χ1n) is 6.02. The molecule has 0 unspecified atom stereocenters. The van der Waals surface area contributed by atoms with Gasteiger partial charge in [-0.2, -0.15) is 0 Å². The smallest absolute Gasteiger partial charge is 0.254 e. The molecule has 0 aliphatic carbocycles. The molecule has 1 atom stereocenters. The Morgan fingerprint density at radius 2 is 2.33 bits per heavy atom. The topological polar surface area (TPSA) is 75.8 Å². The van der Waals surface area contributed by atoms with Gasteiger partial charge in [0.1, 0.15) is 5.75 Å². The van der Waals surface area contributed by atoms with Crippen LogP contribution in [0.2, 0.25) is 0 Å². The second-order valence-corrected chi connectivity index (χ2v) is 4.47. The number of amides is 1. The van der Waals surface area contributed by atoms with Gasteiger partial charge in [0.05, 0.1) is 19.8 Å². The Morgan fingerprint density at radius 3 is 3.00 bits per heavy atom. The third-order valence-corrected chi connectivity index (χ3v) is 3.26. The minimum atomic E-state index is -0.0999. The molecule has 0 aromatic heterocycles. The van der Waals surface area contributed by atoms with Gasteiger partial charge in [0, 0.05) is 23.9 Å². The number of likely N-dealkylation sites (tertiary alicyclic amines) is 1. The van der Waals surface area contributed by atoms with Gasteiger partial charge in [-0.3, -0.25) is 4.79 Å². The van der Waals surface area contributed by atoms with Crippen molar-refractivity contribution in [3.63, 3.8) is 0 Å². The Morgan fingerprint density at radius 1 is 1.56 bits per heavy atom. The van der Waals surface area contributed by atoms with E-state index in [0.29, 0.717) is 23.5 Å². The molecule has 1 aliphatic rings. The Kier molecular flexibility index (Phi) is 3.72. The zero-order valence-electron chi connectivity index (χ0n) is 10.4. The number of nitrogens with zero attached hydrogens (tertiary/aromatic N) is 1. The fraction of sp³-hybridized carbons (Fsp3) is 0.462. The molecular formula is C13H18N2O3. The molecule has 5 heteroatoms. The Bertz CT molecular complexity index is 448. The maximum atomic E-state index is 12.3. The fourth-order valence-electron chi connectivity index (χ4n) is 2.32. The number of methoxy groups -OCH3 is 1. The zero-order valence-corrected chi connectivity index (χ0v) is 10.4. The summed E-state index contributed by atoms with van der Waals surface area (Å²) in [6.07, 6.45) is 1.78. The van der Waals surface area contributed by atoms with E-state index >= 15 is 0 Å². The molecule has 2 rings (SSSR count). The number of carbonyl (C=O) groups excluding carboxylic acids is 1. The number of hydrogen-bond acceptors (Lipinski definition) is 4. The van der Waals surface area contributed by atoms with E-state index in [1.165, 1.54) is 7.11 Å². The van der Waals surface area contributed by atoms with Gasteiger partial charge in [0.15, 0.2) is 0 Å². The van der Waals surface area contributed by atoms with Crippen LogP contribution in [0, 0.1) is 0 Å². The minimum absolute atomic E-state index is 0.00515. The highest BCUT2D eigenvalue weighted by Crippen LogP contribution is 2.23. The van der Waals surface area contributed by atoms with Crippen LogP contribution in [0.1, 0.15) is 23.2 Å². The van der Waals surface area contributed by atoms with Crippen LogP contribution in [-0.4, -0.2) is 42.2 Å². The number of rotatable bonds is 3. The van der Waals surface area contributed by atoms with Crippen molar-refractivity contribution in [2.75, 3.05) is 26.0 Å². The van der Waals surface area contributed by atoms with Crippen molar-refractivity contribution in [2.45, 2.75) is 18.9 Å². The maximum absolute atomic E-state index is 12.3. The lowest BCUT2D eigenvalue weighted by Crippen LogP contribution is -2.37. The van der Waals surface area contributed by atoms with Crippen LogP contribution in [0.5, 0.6) is 5.75 Å². The van der Waals surface area contributed by atoms with E-state index in [2.05, 4.69) is 0 Å². The quantitative estimate of drug-likeness (QED) is 0.781. The number of aliphatic hydroxyl groups excluding tert-OH is 1. The molecule has 0 saturated carbocycles. The Balaban J connectivity index is 2.25. The van der Waals surface area contributed by atoms with Crippen LogP contribution in [-0.2, 0) is 0 Å². The number of nitrogen functional groups attached to an aromatic ring is 1. The third kappa shape index (κ3) is 2.41. The normalized spacial score (nSPS) is 19.0. The summed E-state index contributed by atoms with van der Waals surface area (Å²) in [5, 5.41) is 9.24. The Hall–Kier alpha value is -1.75. The van der Waals surface area contributed by atoms with Gasteiger partial charge in [0.25, 0.3) is 5.91 Å². The summed E-state index contributed by atoms with van der Waals surface area (Å²) in [5.41, 5.74) is 6.74. The summed E-state index contributed by atoms with van der Waals surface area (Å²) in [5.74, 6) is 0.468. The summed E-state index contributed by atoms with van der Waals surface area (Å²) >= 11 is 0. The molecule has 1 fully saturated rings. The van der Waals surface area contributed by atoms with Crippen LogP contribution in [0.25, 0.3) is 0 Å². The average Bonchev–Trinajstić information content (AvgIpc) is 2.85. The molecule has 1 aromatic carbocycles. The van der Waals surface area contributed by atoms with Crippen molar-refractivity contribution in [1.82, 2.24) is 4.90 Å². The van der Waals surface area contributed by atoms with E-state index in [9.17, 15) is 9.90 Å². The van der Waals surface area contributed by atoms with Gasteiger partial charge in [-0.1, -0.05) is 0 Å². The van der Waals surface area contributed by atoms with Gasteiger partial charge < -0.3 is 20.5 Å². The first-order valence-corrected chi connectivity index (χ1v) is 6.02. The molecule has 98 valence electrons. The highest BCUT2D eigenvalue weighted by atomic mass is 16.5. The number of aliphatic hydroxyl groups is 1. The number of anilines is 1. The first-order chi connectivity index (χ1) is 8.65. The molecular weight excluding hydrogens is 232 g/mol. The lowest BCUT2D eigenvalue weighted by Gasteiger charge is -2.23.